The molecule has 0 bridgehead atoms. The number of rotatable bonds is 6. The molecule has 3 aromatic rings. The third-order valence-corrected chi connectivity index (χ3v) is 3.70. The quantitative estimate of drug-likeness (QED) is 0.306. The monoisotopic (exact) mass is 355 g/mol. The Balaban J connectivity index is 0.000000246. The van der Waals surface area contributed by atoms with E-state index < -0.39 is 7.69 Å². The molecule has 0 aromatic heterocycles. The summed E-state index contributed by atoms with van der Waals surface area (Å²) in [5.74, 6) is 0. The summed E-state index contributed by atoms with van der Waals surface area (Å²) in [7, 11) is -0.914. The first kappa shape index (κ1) is 22.2. The van der Waals surface area contributed by atoms with Crippen LogP contribution in [0.25, 0.3) is 21.5 Å². The maximum absolute atomic E-state index is 8.18. The van der Waals surface area contributed by atoms with Crippen molar-refractivity contribution in [3.63, 3.8) is 0 Å². The van der Waals surface area contributed by atoms with Crippen molar-refractivity contribution < 1.29 is 19.7 Å². The second kappa shape index (κ2) is 14.3. The van der Waals surface area contributed by atoms with Crippen molar-refractivity contribution in [2.45, 2.75) is 19.3 Å². The van der Waals surface area contributed by atoms with Gasteiger partial charge >= 0.3 is 15.4 Å². The van der Waals surface area contributed by atoms with Crippen molar-refractivity contribution in [1.82, 2.24) is 0 Å². The van der Waals surface area contributed by atoms with E-state index in [2.05, 4.69) is 60.7 Å². The molecule has 7 heteroatoms. The van der Waals surface area contributed by atoms with Crippen LogP contribution in [0.3, 0.4) is 0 Å². The van der Waals surface area contributed by atoms with E-state index in [0.717, 1.165) is 25.8 Å². The molecule has 0 spiro atoms. The fraction of sp³-hybridized carbons (Fsp3) is 0.263. The van der Waals surface area contributed by atoms with Crippen LogP contribution in [0.15, 0.2) is 60.7 Å². The highest BCUT2D eigenvalue weighted by atomic mass is 16.5. The molecule has 3 aromatic carbocycles. The summed E-state index contributed by atoms with van der Waals surface area (Å²) in [5, 5.41) is 27.7. The molecule has 0 unspecified atom stereocenters. The highest BCUT2D eigenvalue weighted by molar-refractivity contribution is 6.15. The highest BCUT2D eigenvalue weighted by Gasteiger charge is 1.95. The van der Waals surface area contributed by atoms with Crippen molar-refractivity contribution >= 4 is 36.9 Å². The minimum Gasteiger partial charge on any atom is -0.430 e. The summed E-state index contributed by atoms with van der Waals surface area (Å²) in [6, 6.07) is 21.4. The molecule has 0 radical (unpaired) electrons. The normalized spacial score (nSPS) is 9.69. The Hall–Kier alpha value is -1.89. The van der Waals surface area contributed by atoms with E-state index in [0.29, 0.717) is 6.61 Å². The minimum atomic E-state index is -0.750. The first-order valence-electron chi connectivity index (χ1n) is 8.74. The van der Waals surface area contributed by atoms with Gasteiger partial charge in [-0.2, -0.15) is 0 Å². The topological polar surface area (TPSA) is 95.9 Å². The Morgan fingerprint density at radius 2 is 1.15 bits per heavy atom. The fourth-order valence-electron chi connectivity index (χ4n) is 2.47. The Morgan fingerprint density at radius 1 is 0.731 bits per heavy atom. The Labute approximate surface area is 156 Å². The smallest absolute Gasteiger partial charge is 0.430 e. The molecular weight excluding hydrogens is 328 g/mol. The van der Waals surface area contributed by atoms with E-state index in [-0.39, 0.29) is 7.69 Å². The third-order valence-electron chi connectivity index (χ3n) is 3.70. The van der Waals surface area contributed by atoms with Crippen LogP contribution in [0.1, 0.15) is 19.3 Å². The molecule has 0 amide bonds. The standard InChI is InChI=1S/C14H10.C5H14BNO2.BH3O2/c1-2-6-12-10-14-8-4-3-7-13(14)9-11(12)5-1;7-4-2-1-3-5-9-6-8;2-1-3/h1-10H;6,8H,1-5,7H2;1-3H. The van der Waals surface area contributed by atoms with Gasteiger partial charge < -0.3 is 25.5 Å². The average molecular weight is 355 g/mol. The van der Waals surface area contributed by atoms with Crippen molar-refractivity contribution in [2.75, 3.05) is 13.2 Å². The van der Waals surface area contributed by atoms with Crippen molar-refractivity contribution in [3.05, 3.63) is 60.7 Å². The summed E-state index contributed by atoms with van der Waals surface area (Å²) >= 11 is 0. The Kier molecular flexibility index (Phi) is 12.2. The largest absolute Gasteiger partial charge is 0.435 e. The van der Waals surface area contributed by atoms with Crippen LogP contribution >= 0.6 is 0 Å². The van der Waals surface area contributed by atoms with E-state index in [9.17, 15) is 0 Å². The summed E-state index contributed by atoms with van der Waals surface area (Å²) in [4.78, 5) is 0. The third kappa shape index (κ3) is 8.47. The molecule has 0 fully saturated rings. The van der Waals surface area contributed by atoms with E-state index in [1.807, 2.05) is 0 Å². The van der Waals surface area contributed by atoms with Gasteiger partial charge in [0.25, 0.3) is 0 Å². The molecular formula is C19H27B2NO4. The van der Waals surface area contributed by atoms with Gasteiger partial charge in [0.05, 0.1) is 0 Å². The van der Waals surface area contributed by atoms with Crippen LogP contribution in [-0.2, 0) is 4.65 Å². The lowest BCUT2D eigenvalue weighted by Crippen LogP contribution is -2.01. The van der Waals surface area contributed by atoms with Crippen molar-refractivity contribution in [2.24, 2.45) is 5.73 Å². The number of hydrogen-bond acceptors (Lipinski definition) is 5. The SMILES string of the molecule is NCCCCCOBO.OBO.c1ccc2cc3ccccc3cc2c1. The second-order valence-corrected chi connectivity index (χ2v) is 5.57. The van der Waals surface area contributed by atoms with Gasteiger partial charge in [0.2, 0.25) is 0 Å². The maximum atomic E-state index is 8.18. The first-order chi connectivity index (χ1) is 12.8. The number of unbranched alkanes of at least 4 members (excludes halogenated alkanes) is 2. The van der Waals surface area contributed by atoms with E-state index >= 15 is 0 Å². The first-order valence-corrected chi connectivity index (χ1v) is 8.74. The average Bonchev–Trinajstić information content (AvgIpc) is 2.67. The lowest BCUT2D eigenvalue weighted by molar-refractivity contribution is 0.275. The van der Waals surface area contributed by atoms with Crippen molar-refractivity contribution in [1.29, 1.82) is 0 Å². The van der Waals surface area contributed by atoms with Gasteiger partial charge in [-0.3, -0.25) is 0 Å². The van der Waals surface area contributed by atoms with Gasteiger partial charge in [-0.05, 0) is 59.5 Å². The van der Waals surface area contributed by atoms with E-state index in [1.54, 1.807) is 0 Å². The minimum absolute atomic E-state index is 0.164. The molecule has 0 atom stereocenters. The van der Waals surface area contributed by atoms with E-state index in [1.165, 1.54) is 21.5 Å². The predicted molar refractivity (Wildman–Crippen MR) is 111 cm³/mol. The van der Waals surface area contributed by atoms with Gasteiger partial charge in [0.15, 0.2) is 0 Å². The molecule has 0 aliphatic heterocycles. The zero-order valence-corrected chi connectivity index (χ0v) is 15.1. The highest BCUT2D eigenvalue weighted by Crippen LogP contribution is 2.21. The molecule has 0 saturated carbocycles. The molecule has 5 nitrogen and oxygen atoms in total. The number of fused-ring (bicyclic) bond motifs is 2. The Bertz CT molecular complexity index is 632. The van der Waals surface area contributed by atoms with Crippen LogP contribution < -0.4 is 5.73 Å². The number of nitrogens with two attached hydrogens (primary N) is 1. The molecule has 0 saturated heterocycles. The van der Waals surface area contributed by atoms with Crippen LogP contribution in [0.2, 0.25) is 0 Å². The molecule has 0 heterocycles. The molecule has 26 heavy (non-hydrogen) atoms. The molecule has 3 rings (SSSR count). The van der Waals surface area contributed by atoms with Gasteiger partial charge in [-0.15, -0.1) is 0 Å². The van der Waals surface area contributed by atoms with Crippen LogP contribution in [0.5, 0.6) is 0 Å². The summed E-state index contributed by atoms with van der Waals surface area (Å²) < 4.78 is 4.69. The fourth-order valence-corrected chi connectivity index (χ4v) is 2.47. The zero-order valence-electron chi connectivity index (χ0n) is 15.1. The number of benzene rings is 3. The van der Waals surface area contributed by atoms with Gasteiger partial charge in [-0.25, -0.2) is 0 Å². The van der Waals surface area contributed by atoms with E-state index in [4.69, 9.17) is 25.5 Å². The van der Waals surface area contributed by atoms with Crippen LogP contribution in [-0.4, -0.2) is 43.6 Å². The molecule has 138 valence electrons. The summed E-state index contributed by atoms with van der Waals surface area (Å²) in [5.41, 5.74) is 5.25. The summed E-state index contributed by atoms with van der Waals surface area (Å²) in [6.45, 7) is 1.40. The predicted octanol–water partition coefficient (Wildman–Crippen LogP) is 1.62. The number of hydrogen-bond donors (Lipinski definition) is 4. The second-order valence-electron chi connectivity index (χ2n) is 5.57. The molecule has 0 aliphatic carbocycles. The molecule has 5 N–H and O–H groups in total. The lowest BCUT2D eigenvalue weighted by atomic mass is 10.0. The lowest BCUT2D eigenvalue weighted by Gasteiger charge is -2.00. The summed E-state index contributed by atoms with van der Waals surface area (Å²) in [6.07, 6.45) is 3.14. The zero-order chi connectivity index (χ0) is 19.0. The van der Waals surface area contributed by atoms with Crippen LogP contribution in [0, 0.1) is 0 Å². The van der Waals surface area contributed by atoms with Gasteiger partial charge in [0, 0.05) is 6.61 Å². The van der Waals surface area contributed by atoms with Crippen molar-refractivity contribution in [3.8, 4) is 0 Å². The van der Waals surface area contributed by atoms with Gasteiger partial charge in [-0.1, -0.05) is 48.5 Å². The Morgan fingerprint density at radius 3 is 1.50 bits per heavy atom. The maximum Gasteiger partial charge on any atom is 0.435 e. The van der Waals surface area contributed by atoms with Gasteiger partial charge in [0.1, 0.15) is 0 Å². The van der Waals surface area contributed by atoms with Crippen LogP contribution in [0.4, 0.5) is 0 Å². The molecule has 0 aliphatic rings.